The molecule has 23 heavy (non-hydrogen) atoms. The summed E-state index contributed by atoms with van der Waals surface area (Å²) in [6.45, 7) is 11.0. The predicted molar refractivity (Wildman–Crippen MR) is 102 cm³/mol. The van der Waals surface area contributed by atoms with Crippen LogP contribution in [-0.2, 0) is 0 Å². The zero-order valence-electron chi connectivity index (χ0n) is 15.9. The Balaban J connectivity index is 3.02. The predicted octanol–water partition coefficient (Wildman–Crippen LogP) is 5.32. The zero-order chi connectivity index (χ0) is 17.1. The third-order valence-electron chi connectivity index (χ3n) is 4.50. The summed E-state index contributed by atoms with van der Waals surface area (Å²) in [4.78, 5) is 9.64. The molecule has 1 rings (SSSR count). The molecule has 0 amide bonds. The molecule has 0 bridgehead atoms. The number of rotatable bonds is 12. The van der Waals surface area contributed by atoms with Crippen molar-refractivity contribution in [3.63, 3.8) is 0 Å². The molecule has 0 saturated carbocycles. The first-order chi connectivity index (χ1) is 11.1. The van der Waals surface area contributed by atoms with Crippen LogP contribution in [0.1, 0.15) is 73.1 Å². The van der Waals surface area contributed by atoms with E-state index in [2.05, 4.69) is 20.8 Å². The first-order valence-electron chi connectivity index (χ1n) is 9.57. The fourth-order valence-electron chi connectivity index (χ4n) is 3.18. The van der Waals surface area contributed by atoms with Gasteiger partial charge in [0.1, 0.15) is 0 Å². The van der Waals surface area contributed by atoms with Crippen LogP contribution in [-0.4, -0.2) is 34.4 Å². The van der Waals surface area contributed by atoms with Crippen molar-refractivity contribution < 1.29 is 4.74 Å². The molecule has 1 heterocycles. The van der Waals surface area contributed by atoms with Crippen molar-refractivity contribution in [1.82, 2.24) is 9.97 Å². The number of unbranched alkanes of at least 4 members (excludes halogenated alkanes) is 3. The van der Waals surface area contributed by atoms with E-state index >= 15 is 0 Å². The molecular weight excluding hydrogens is 391 g/mol. The quantitative estimate of drug-likeness (QED) is 0.424. The maximum atomic E-state index is 5.72. The van der Waals surface area contributed by atoms with Crippen LogP contribution < -0.4 is 8.58 Å². The van der Waals surface area contributed by atoms with E-state index in [9.17, 15) is 0 Å². The minimum absolute atomic E-state index is 0.179. The van der Waals surface area contributed by atoms with Crippen LogP contribution in [0.5, 0.6) is 5.75 Å². The monoisotopic (exact) mass is 428 g/mol. The number of hydrogen-bond donors (Lipinski definition) is 0. The van der Waals surface area contributed by atoms with Gasteiger partial charge in [-0.15, -0.1) is 0 Å². The molecule has 0 aromatic carbocycles. The molecule has 0 unspecified atom stereocenters. The molecule has 1 aromatic heterocycles. The van der Waals surface area contributed by atoms with Crippen LogP contribution in [0.4, 0.5) is 0 Å². The molecule has 0 aliphatic heterocycles. The van der Waals surface area contributed by atoms with Crippen molar-refractivity contribution in [2.45, 2.75) is 92.6 Å². The van der Waals surface area contributed by atoms with E-state index in [4.69, 9.17) is 14.7 Å². The van der Waals surface area contributed by atoms with E-state index in [-0.39, 0.29) is 6.10 Å². The van der Waals surface area contributed by atoms with Crippen molar-refractivity contribution in [2.75, 3.05) is 0 Å². The number of ether oxygens (including phenoxy) is 1. The van der Waals surface area contributed by atoms with Gasteiger partial charge >= 0.3 is 148 Å². The number of hydrogen-bond acceptors (Lipinski definition) is 3. The molecule has 0 fully saturated rings. The normalized spacial score (nSPS) is 11.9. The van der Waals surface area contributed by atoms with Crippen LogP contribution in [0.3, 0.4) is 0 Å². The van der Waals surface area contributed by atoms with Crippen molar-refractivity contribution in [2.24, 2.45) is 0 Å². The van der Waals surface area contributed by atoms with Crippen LogP contribution in [0.25, 0.3) is 0 Å². The molecule has 0 radical (unpaired) electrons. The van der Waals surface area contributed by atoms with Crippen molar-refractivity contribution in [3.8, 4) is 5.75 Å². The van der Waals surface area contributed by atoms with Gasteiger partial charge < -0.3 is 0 Å². The molecule has 0 aliphatic rings. The summed E-state index contributed by atoms with van der Waals surface area (Å²) in [5, 5.41) is 0. The van der Waals surface area contributed by atoms with Gasteiger partial charge in [-0.2, -0.15) is 0 Å². The molecule has 0 spiro atoms. The van der Waals surface area contributed by atoms with Gasteiger partial charge in [0.05, 0.1) is 0 Å². The standard InChI is InChI=1S/C7H9N2O.3C4H9.Sn/c1-6(2)10-7-3-8-5-9-4-7;3*1-3-4-2;/h3-4,6H,1-2H3;3*1,3-4H2,2H3;. The summed E-state index contributed by atoms with van der Waals surface area (Å²) in [5.74, 6) is 0.811. The molecule has 4 heteroatoms. The van der Waals surface area contributed by atoms with E-state index in [0.717, 1.165) is 5.75 Å². The van der Waals surface area contributed by atoms with Crippen LogP contribution >= 0.6 is 0 Å². The van der Waals surface area contributed by atoms with Gasteiger partial charge in [0.2, 0.25) is 0 Å². The summed E-state index contributed by atoms with van der Waals surface area (Å²) < 4.78 is 11.2. The first-order valence-corrected chi connectivity index (χ1v) is 17.0. The Labute approximate surface area is 147 Å². The molecular formula is C19H36N2OSn. The zero-order valence-corrected chi connectivity index (χ0v) is 18.8. The summed E-state index contributed by atoms with van der Waals surface area (Å²) in [7, 11) is 0. The molecule has 132 valence electrons. The van der Waals surface area contributed by atoms with Crippen molar-refractivity contribution >= 4 is 22.2 Å². The van der Waals surface area contributed by atoms with Crippen LogP contribution in [0, 0.1) is 0 Å². The number of nitrogens with zero attached hydrogens (tertiary/aromatic N) is 2. The molecule has 0 N–H and O–H groups in total. The second-order valence-corrected chi connectivity index (χ2v) is 19.9. The second-order valence-electron chi connectivity index (χ2n) is 7.00. The fraction of sp³-hybridized carbons (Fsp3) is 0.789. The van der Waals surface area contributed by atoms with E-state index in [1.807, 2.05) is 26.2 Å². The summed E-state index contributed by atoms with van der Waals surface area (Å²) >= 11 is -2.46. The van der Waals surface area contributed by atoms with E-state index in [1.54, 1.807) is 0 Å². The minimum atomic E-state index is -2.46. The van der Waals surface area contributed by atoms with Crippen LogP contribution in [0.15, 0.2) is 12.4 Å². The Bertz CT molecular complexity index is 398. The van der Waals surface area contributed by atoms with Gasteiger partial charge in [-0.25, -0.2) is 0 Å². The molecule has 1 aromatic rings. The maximum absolute atomic E-state index is 5.72. The van der Waals surface area contributed by atoms with Gasteiger partial charge in [-0.3, -0.25) is 0 Å². The third kappa shape index (κ3) is 6.98. The van der Waals surface area contributed by atoms with Crippen molar-refractivity contribution in [1.29, 1.82) is 0 Å². The van der Waals surface area contributed by atoms with Crippen LogP contribution in [0.2, 0.25) is 13.3 Å². The Hall–Kier alpha value is -0.321. The average molecular weight is 427 g/mol. The summed E-state index contributed by atoms with van der Waals surface area (Å²) in [5.41, 5.74) is 0. The van der Waals surface area contributed by atoms with Gasteiger partial charge in [-0.1, -0.05) is 0 Å². The van der Waals surface area contributed by atoms with Gasteiger partial charge in [0.15, 0.2) is 0 Å². The number of aromatic nitrogens is 2. The van der Waals surface area contributed by atoms with E-state index < -0.39 is 18.4 Å². The van der Waals surface area contributed by atoms with Gasteiger partial charge in [-0.05, 0) is 0 Å². The van der Waals surface area contributed by atoms with Gasteiger partial charge in [0, 0.05) is 0 Å². The molecule has 0 saturated heterocycles. The molecule has 0 aliphatic carbocycles. The first kappa shape index (κ1) is 20.7. The Morgan fingerprint density at radius 3 is 1.65 bits per heavy atom. The Morgan fingerprint density at radius 2 is 1.30 bits per heavy atom. The SMILES string of the molecule is CCC[CH2][Sn]([CH2]CCC)([CH2]CCC)[c]1ncc(OC(C)C)cn1. The molecule has 0 atom stereocenters. The second kappa shape index (κ2) is 11.3. The topological polar surface area (TPSA) is 35.0 Å². The van der Waals surface area contributed by atoms with Gasteiger partial charge in [0.25, 0.3) is 0 Å². The third-order valence-corrected chi connectivity index (χ3v) is 19.2. The fourth-order valence-corrected chi connectivity index (χ4v) is 18.0. The average Bonchev–Trinajstić information content (AvgIpc) is 2.55. The van der Waals surface area contributed by atoms with E-state index in [0.29, 0.717) is 0 Å². The van der Waals surface area contributed by atoms with Crippen molar-refractivity contribution in [3.05, 3.63) is 12.4 Å². The molecule has 3 nitrogen and oxygen atoms in total. The summed E-state index contributed by atoms with van der Waals surface area (Å²) in [6, 6.07) is 0. The van der Waals surface area contributed by atoms with E-state index in [1.165, 1.54) is 55.7 Å². The summed E-state index contributed by atoms with van der Waals surface area (Å²) in [6.07, 6.45) is 11.9. The Kier molecular flexibility index (Phi) is 10.2. The Morgan fingerprint density at radius 1 is 0.870 bits per heavy atom.